The summed E-state index contributed by atoms with van der Waals surface area (Å²) in [4.78, 5) is 0. The van der Waals surface area contributed by atoms with Gasteiger partial charge in [-0.05, 0) is 58.3 Å². The van der Waals surface area contributed by atoms with Crippen LogP contribution in [0.25, 0.3) is 5.52 Å². The SMILES string of the molecule is Cc1cc(B2OC(C)(C)C(C)(C)O2)cc2ccnn12. The fraction of sp³-hybridized carbons (Fsp3) is 0.500. The number of rotatable bonds is 1. The monoisotopic (exact) mass is 258 g/mol. The van der Waals surface area contributed by atoms with E-state index in [1.165, 1.54) is 0 Å². The lowest BCUT2D eigenvalue weighted by molar-refractivity contribution is 0.00578. The lowest BCUT2D eigenvalue weighted by Gasteiger charge is -2.32. The van der Waals surface area contributed by atoms with Gasteiger partial charge >= 0.3 is 7.12 Å². The number of pyridine rings is 1. The maximum atomic E-state index is 6.08. The van der Waals surface area contributed by atoms with E-state index in [-0.39, 0.29) is 18.3 Å². The second-order valence-electron chi connectivity index (χ2n) is 6.19. The van der Waals surface area contributed by atoms with Gasteiger partial charge in [0.05, 0.1) is 16.7 Å². The standard InChI is InChI=1S/C14H19BN2O2/c1-10-8-11(9-12-6-7-16-17(10)12)15-18-13(2,3)14(4,5)19-15/h6-9H,1-5H3. The van der Waals surface area contributed by atoms with Crippen molar-refractivity contribution in [2.75, 3.05) is 0 Å². The van der Waals surface area contributed by atoms with Crippen LogP contribution in [0.1, 0.15) is 33.4 Å². The Kier molecular flexibility index (Phi) is 2.56. The summed E-state index contributed by atoms with van der Waals surface area (Å²) in [5, 5.41) is 4.28. The molecule has 2 aromatic heterocycles. The highest BCUT2D eigenvalue weighted by atomic mass is 16.7. The average molecular weight is 258 g/mol. The summed E-state index contributed by atoms with van der Waals surface area (Å²) in [5.41, 5.74) is 2.57. The van der Waals surface area contributed by atoms with Gasteiger partial charge in [0.1, 0.15) is 0 Å². The van der Waals surface area contributed by atoms with Gasteiger partial charge in [0, 0.05) is 11.9 Å². The van der Waals surface area contributed by atoms with Crippen LogP contribution in [-0.4, -0.2) is 27.9 Å². The molecule has 0 radical (unpaired) electrons. The molecule has 3 rings (SSSR count). The van der Waals surface area contributed by atoms with Gasteiger partial charge in [-0.15, -0.1) is 0 Å². The van der Waals surface area contributed by atoms with Crippen LogP contribution >= 0.6 is 0 Å². The van der Waals surface area contributed by atoms with E-state index < -0.39 is 0 Å². The first-order valence-electron chi connectivity index (χ1n) is 6.60. The predicted molar refractivity (Wildman–Crippen MR) is 75.6 cm³/mol. The summed E-state index contributed by atoms with van der Waals surface area (Å²) >= 11 is 0. The third kappa shape index (κ3) is 1.88. The number of aryl methyl sites for hydroxylation is 1. The maximum Gasteiger partial charge on any atom is 0.494 e. The Labute approximate surface area is 113 Å². The molecule has 0 unspecified atom stereocenters. The number of aromatic nitrogens is 2. The highest BCUT2D eigenvalue weighted by molar-refractivity contribution is 6.62. The molecule has 0 spiro atoms. The second kappa shape index (κ2) is 3.84. The minimum atomic E-state index is -0.316. The van der Waals surface area contributed by atoms with Crippen molar-refractivity contribution in [2.45, 2.75) is 45.8 Å². The van der Waals surface area contributed by atoms with E-state index >= 15 is 0 Å². The molecule has 4 nitrogen and oxygen atoms in total. The number of hydrogen-bond acceptors (Lipinski definition) is 3. The van der Waals surface area contributed by atoms with E-state index in [2.05, 4.69) is 44.9 Å². The lowest BCUT2D eigenvalue weighted by Crippen LogP contribution is -2.41. The van der Waals surface area contributed by atoms with Gasteiger partial charge in [-0.2, -0.15) is 5.10 Å². The topological polar surface area (TPSA) is 35.8 Å². The summed E-state index contributed by atoms with van der Waals surface area (Å²) < 4.78 is 14.1. The fourth-order valence-electron chi connectivity index (χ4n) is 2.35. The Morgan fingerprint density at radius 2 is 1.74 bits per heavy atom. The van der Waals surface area contributed by atoms with Crippen molar-refractivity contribution in [2.24, 2.45) is 0 Å². The van der Waals surface area contributed by atoms with Gasteiger partial charge < -0.3 is 9.31 Å². The molecule has 19 heavy (non-hydrogen) atoms. The zero-order valence-electron chi connectivity index (χ0n) is 12.1. The molecule has 0 aromatic carbocycles. The van der Waals surface area contributed by atoms with E-state index in [4.69, 9.17) is 9.31 Å². The fourth-order valence-corrected chi connectivity index (χ4v) is 2.35. The molecule has 1 aliphatic heterocycles. The van der Waals surface area contributed by atoms with Crippen molar-refractivity contribution in [1.82, 2.24) is 9.61 Å². The van der Waals surface area contributed by atoms with Crippen LogP contribution in [0.2, 0.25) is 0 Å². The molecule has 0 amide bonds. The summed E-state index contributed by atoms with van der Waals surface area (Å²) in [6, 6.07) is 6.13. The van der Waals surface area contributed by atoms with Crippen LogP contribution in [0.4, 0.5) is 0 Å². The average Bonchev–Trinajstić information content (AvgIpc) is 2.82. The molecule has 5 heteroatoms. The van der Waals surface area contributed by atoms with Gasteiger partial charge in [-0.25, -0.2) is 4.52 Å². The number of nitrogens with zero attached hydrogens (tertiary/aromatic N) is 2. The van der Waals surface area contributed by atoms with Crippen LogP contribution in [0.3, 0.4) is 0 Å². The van der Waals surface area contributed by atoms with Gasteiger partial charge in [-0.3, -0.25) is 0 Å². The smallest absolute Gasteiger partial charge is 0.399 e. The molecule has 0 bridgehead atoms. The first-order valence-corrected chi connectivity index (χ1v) is 6.60. The first-order chi connectivity index (χ1) is 8.80. The molecule has 2 aromatic rings. The first kappa shape index (κ1) is 12.7. The van der Waals surface area contributed by atoms with Crippen LogP contribution in [0, 0.1) is 6.92 Å². The van der Waals surface area contributed by atoms with E-state index in [0.29, 0.717) is 0 Å². The quantitative estimate of drug-likeness (QED) is 0.733. The normalized spacial score (nSPS) is 21.2. The van der Waals surface area contributed by atoms with Crippen LogP contribution in [-0.2, 0) is 9.31 Å². The van der Waals surface area contributed by atoms with Crippen molar-refractivity contribution in [3.8, 4) is 0 Å². The molecule has 100 valence electrons. The Morgan fingerprint density at radius 3 is 2.37 bits per heavy atom. The molecule has 3 heterocycles. The highest BCUT2D eigenvalue weighted by Crippen LogP contribution is 2.36. The molecule has 0 aliphatic carbocycles. The Morgan fingerprint density at radius 1 is 1.11 bits per heavy atom. The molecular formula is C14H19BN2O2. The second-order valence-corrected chi connectivity index (χ2v) is 6.19. The maximum absolute atomic E-state index is 6.08. The Hall–Kier alpha value is -1.33. The molecule has 1 aliphatic rings. The van der Waals surface area contributed by atoms with E-state index in [1.807, 2.05) is 17.5 Å². The molecule has 1 saturated heterocycles. The van der Waals surface area contributed by atoms with Crippen molar-refractivity contribution in [3.63, 3.8) is 0 Å². The van der Waals surface area contributed by atoms with Gasteiger partial charge in [0.25, 0.3) is 0 Å². The van der Waals surface area contributed by atoms with E-state index in [1.54, 1.807) is 6.20 Å². The summed E-state index contributed by atoms with van der Waals surface area (Å²) in [5.74, 6) is 0. The van der Waals surface area contributed by atoms with Crippen molar-refractivity contribution in [3.05, 3.63) is 30.1 Å². The van der Waals surface area contributed by atoms with Crippen LogP contribution in [0.5, 0.6) is 0 Å². The third-order valence-corrected chi connectivity index (χ3v) is 4.22. The van der Waals surface area contributed by atoms with Gasteiger partial charge in [0.2, 0.25) is 0 Å². The Balaban J connectivity index is 2.02. The van der Waals surface area contributed by atoms with Gasteiger partial charge in [0.15, 0.2) is 0 Å². The zero-order chi connectivity index (χ0) is 13.8. The summed E-state index contributed by atoms with van der Waals surface area (Å²) in [7, 11) is -0.316. The number of fused-ring (bicyclic) bond motifs is 1. The summed E-state index contributed by atoms with van der Waals surface area (Å²) in [6.07, 6.45) is 1.80. The molecule has 1 fully saturated rings. The van der Waals surface area contributed by atoms with E-state index in [0.717, 1.165) is 16.7 Å². The largest absolute Gasteiger partial charge is 0.494 e. The summed E-state index contributed by atoms with van der Waals surface area (Å²) in [6.45, 7) is 10.3. The number of hydrogen-bond donors (Lipinski definition) is 0. The van der Waals surface area contributed by atoms with Gasteiger partial charge in [-0.1, -0.05) is 0 Å². The highest BCUT2D eigenvalue weighted by Gasteiger charge is 2.51. The molecule has 0 saturated carbocycles. The third-order valence-electron chi connectivity index (χ3n) is 4.22. The predicted octanol–water partition coefficient (Wildman–Crippen LogP) is 1.94. The van der Waals surface area contributed by atoms with Crippen LogP contribution < -0.4 is 5.46 Å². The van der Waals surface area contributed by atoms with Crippen molar-refractivity contribution < 1.29 is 9.31 Å². The minimum Gasteiger partial charge on any atom is -0.399 e. The van der Waals surface area contributed by atoms with Crippen LogP contribution in [0.15, 0.2) is 24.4 Å². The zero-order valence-corrected chi connectivity index (χ0v) is 12.1. The molecule has 0 atom stereocenters. The van der Waals surface area contributed by atoms with Crippen molar-refractivity contribution in [1.29, 1.82) is 0 Å². The Bertz CT molecular complexity index is 617. The molecular weight excluding hydrogens is 239 g/mol. The van der Waals surface area contributed by atoms with Crippen molar-refractivity contribution >= 4 is 18.1 Å². The molecule has 0 N–H and O–H groups in total. The lowest BCUT2D eigenvalue weighted by atomic mass is 9.79. The minimum absolute atomic E-state index is 0.308. The van der Waals surface area contributed by atoms with E-state index in [9.17, 15) is 0 Å².